The maximum atomic E-state index is 2.37. The normalized spacial score (nSPS) is 11.0. The Morgan fingerprint density at radius 3 is 1.39 bits per heavy atom. The van der Waals surface area contributed by atoms with E-state index in [-0.39, 0.29) is 0 Å². The average molecular weight is 589 g/mol. The molecule has 0 heterocycles. The number of fused-ring (bicyclic) bond motifs is 2. The minimum Gasteiger partial charge on any atom is -0.308 e. The molecule has 8 aromatic rings. The third kappa shape index (κ3) is 5.16. The molecule has 0 saturated carbocycles. The van der Waals surface area contributed by atoms with E-state index < -0.39 is 0 Å². The van der Waals surface area contributed by atoms with E-state index in [4.69, 9.17) is 0 Å². The maximum absolute atomic E-state index is 2.37. The first kappa shape index (κ1) is 27.4. The molecule has 2 nitrogen and oxygen atoms in total. The van der Waals surface area contributed by atoms with Crippen LogP contribution in [0.1, 0.15) is 0 Å². The summed E-state index contributed by atoms with van der Waals surface area (Å²) in [5.74, 6) is 0. The minimum absolute atomic E-state index is 1.09. The zero-order valence-electron chi connectivity index (χ0n) is 25.4. The van der Waals surface area contributed by atoms with Gasteiger partial charge in [-0.3, -0.25) is 0 Å². The number of hydrogen-bond acceptors (Lipinski definition) is 2. The van der Waals surface area contributed by atoms with Crippen LogP contribution in [0.25, 0.3) is 32.7 Å². The highest BCUT2D eigenvalue weighted by Gasteiger charge is 2.22. The van der Waals surface area contributed by atoms with E-state index in [1.54, 1.807) is 0 Å². The van der Waals surface area contributed by atoms with Crippen molar-refractivity contribution in [3.63, 3.8) is 0 Å². The molecule has 0 fully saturated rings. The smallest absolute Gasteiger partial charge is 0.0702 e. The largest absolute Gasteiger partial charge is 0.308 e. The zero-order chi connectivity index (χ0) is 30.7. The fourth-order valence-corrected chi connectivity index (χ4v) is 6.44. The first-order valence-electron chi connectivity index (χ1n) is 15.7. The quantitative estimate of drug-likeness (QED) is 0.183. The topological polar surface area (TPSA) is 6.48 Å². The molecule has 0 saturated heterocycles. The number of rotatable bonds is 7. The van der Waals surface area contributed by atoms with E-state index in [1.807, 2.05) is 0 Å². The summed E-state index contributed by atoms with van der Waals surface area (Å²) in [4.78, 5) is 4.70. The van der Waals surface area contributed by atoms with Crippen LogP contribution in [0.4, 0.5) is 34.1 Å². The van der Waals surface area contributed by atoms with Gasteiger partial charge in [-0.2, -0.15) is 0 Å². The van der Waals surface area contributed by atoms with Gasteiger partial charge >= 0.3 is 0 Å². The van der Waals surface area contributed by atoms with Gasteiger partial charge in [0, 0.05) is 22.7 Å². The molecular formula is C44H32N2. The Bertz CT molecular complexity index is 2220. The Hall–Kier alpha value is -6.12. The summed E-state index contributed by atoms with van der Waals surface area (Å²) < 4.78 is 0. The molecule has 0 aliphatic heterocycles. The molecule has 0 aromatic heterocycles. The van der Waals surface area contributed by atoms with Crippen LogP contribution in [0, 0.1) is 0 Å². The van der Waals surface area contributed by atoms with Gasteiger partial charge in [-0.1, -0.05) is 127 Å². The van der Waals surface area contributed by atoms with Crippen molar-refractivity contribution in [1.82, 2.24) is 0 Å². The standard InChI is InChI=1S/C44H32N2/c1-4-17-37(18-5-1)45(38-19-6-2-7-20-38)43-25-12-13-26-44(43)46(39-21-8-3-9-22-39)40-30-29-34-31-36(28-27-35(34)32-40)42-24-14-16-33-15-10-11-23-41(33)42/h1-32H. The van der Waals surface area contributed by atoms with Gasteiger partial charge in [0.05, 0.1) is 11.4 Å². The van der Waals surface area contributed by atoms with Gasteiger partial charge in [0.1, 0.15) is 0 Å². The lowest BCUT2D eigenvalue weighted by Gasteiger charge is -2.33. The van der Waals surface area contributed by atoms with Gasteiger partial charge in [0.15, 0.2) is 0 Å². The molecule has 0 bridgehead atoms. The Labute approximate surface area is 270 Å². The first-order valence-corrected chi connectivity index (χ1v) is 15.7. The van der Waals surface area contributed by atoms with Crippen molar-refractivity contribution in [2.45, 2.75) is 0 Å². The van der Waals surface area contributed by atoms with Gasteiger partial charge in [-0.25, -0.2) is 0 Å². The third-order valence-electron chi connectivity index (χ3n) is 8.59. The van der Waals surface area contributed by atoms with E-state index in [0.717, 1.165) is 34.1 Å². The van der Waals surface area contributed by atoms with Crippen LogP contribution in [-0.2, 0) is 0 Å². The predicted octanol–water partition coefficient (Wildman–Crippen LogP) is 12.6. The highest BCUT2D eigenvalue weighted by atomic mass is 15.2. The molecule has 0 unspecified atom stereocenters. The molecule has 0 amide bonds. The summed E-state index contributed by atoms with van der Waals surface area (Å²) in [5, 5.41) is 4.94. The van der Waals surface area contributed by atoms with Gasteiger partial charge in [0.25, 0.3) is 0 Å². The van der Waals surface area contributed by atoms with Gasteiger partial charge in [-0.15, -0.1) is 0 Å². The van der Waals surface area contributed by atoms with Crippen molar-refractivity contribution < 1.29 is 0 Å². The summed E-state index contributed by atoms with van der Waals surface area (Å²) in [6.45, 7) is 0. The van der Waals surface area contributed by atoms with E-state index in [1.165, 1.54) is 32.7 Å². The Morgan fingerprint density at radius 1 is 0.283 bits per heavy atom. The third-order valence-corrected chi connectivity index (χ3v) is 8.59. The van der Waals surface area contributed by atoms with Crippen LogP contribution in [-0.4, -0.2) is 0 Å². The lowest BCUT2D eigenvalue weighted by molar-refractivity contribution is 1.23. The number of hydrogen-bond donors (Lipinski definition) is 0. The summed E-state index contributed by atoms with van der Waals surface area (Å²) in [6, 6.07) is 69.3. The second-order valence-electron chi connectivity index (χ2n) is 11.4. The highest BCUT2D eigenvalue weighted by molar-refractivity contribution is 6.00. The predicted molar refractivity (Wildman–Crippen MR) is 196 cm³/mol. The second-order valence-corrected chi connectivity index (χ2v) is 11.4. The fraction of sp³-hybridized carbons (Fsp3) is 0. The summed E-state index contributed by atoms with van der Waals surface area (Å²) in [7, 11) is 0. The number of nitrogens with zero attached hydrogens (tertiary/aromatic N) is 2. The summed E-state index contributed by atoms with van der Waals surface area (Å²) >= 11 is 0. The number of para-hydroxylation sites is 5. The summed E-state index contributed by atoms with van der Waals surface area (Å²) in [5.41, 5.74) is 9.08. The zero-order valence-corrected chi connectivity index (χ0v) is 25.4. The van der Waals surface area contributed by atoms with Gasteiger partial charge in [0.2, 0.25) is 0 Å². The van der Waals surface area contributed by atoms with Crippen molar-refractivity contribution in [2.75, 3.05) is 9.80 Å². The van der Waals surface area contributed by atoms with Crippen molar-refractivity contribution >= 4 is 55.7 Å². The van der Waals surface area contributed by atoms with Crippen molar-refractivity contribution in [1.29, 1.82) is 0 Å². The van der Waals surface area contributed by atoms with Gasteiger partial charge in [-0.05, 0) is 99.4 Å². The molecule has 0 aliphatic rings. The van der Waals surface area contributed by atoms with Crippen LogP contribution in [0.15, 0.2) is 194 Å². The Morgan fingerprint density at radius 2 is 0.761 bits per heavy atom. The fourth-order valence-electron chi connectivity index (χ4n) is 6.44. The molecule has 0 atom stereocenters. The average Bonchev–Trinajstić information content (AvgIpc) is 3.13. The Kier molecular flexibility index (Phi) is 7.22. The lowest BCUT2D eigenvalue weighted by atomic mass is 9.96. The minimum atomic E-state index is 1.09. The number of benzene rings is 8. The maximum Gasteiger partial charge on any atom is 0.0702 e. The van der Waals surface area contributed by atoms with Crippen molar-refractivity contribution in [2.24, 2.45) is 0 Å². The van der Waals surface area contributed by atoms with E-state index in [2.05, 4.69) is 204 Å². The molecule has 0 N–H and O–H groups in total. The molecule has 2 heteroatoms. The van der Waals surface area contributed by atoms with Crippen LogP contribution < -0.4 is 9.80 Å². The Balaban J connectivity index is 1.28. The summed E-state index contributed by atoms with van der Waals surface area (Å²) in [6.07, 6.45) is 0. The SMILES string of the molecule is c1ccc(N(c2ccccc2)c2ccccc2N(c2ccccc2)c2ccc3cc(-c4cccc5ccccc45)ccc3c2)cc1. The van der Waals surface area contributed by atoms with Crippen LogP contribution in [0.3, 0.4) is 0 Å². The van der Waals surface area contributed by atoms with Crippen molar-refractivity contribution in [3.05, 3.63) is 194 Å². The molecule has 8 rings (SSSR count). The van der Waals surface area contributed by atoms with Crippen LogP contribution in [0.5, 0.6) is 0 Å². The van der Waals surface area contributed by atoms with Crippen LogP contribution in [0.2, 0.25) is 0 Å². The van der Waals surface area contributed by atoms with E-state index in [9.17, 15) is 0 Å². The number of anilines is 6. The van der Waals surface area contributed by atoms with E-state index in [0.29, 0.717) is 0 Å². The van der Waals surface area contributed by atoms with Crippen LogP contribution >= 0.6 is 0 Å². The van der Waals surface area contributed by atoms with E-state index >= 15 is 0 Å². The molecule has 218 valence electrons. The molecule has 46 heavy (non-hydrogen) atoms. The monoisotopic (exact) mass is 588 g/mol. The lowest BCUT2D eigenvalue weighted by Crippen LogP contribution is -2.16. The highest BCUT2D eigenvalue weighted by Crippen LogP contribution is 2.46. The molecule has 0 spiro atoms. The molecule has 0 radical (unpaired) electrons. The first-order chi connectivity index (χ1) is 22.8. The second kappa shape index (κ2) is 12.1. The molecule has 8 aromatic carbocycles. The van der Waals surface area contributed by atoms with Gasteiger partial charge < -0.3 is 9.80 Å². The molecular weight excluding hydrogens is 556 g/mol. The van der Waals surface area contributed by atoms with Crippen molar-refractivity contribution in [3.8, 4) is 11.1 Å². The molecule has 0 aliphatic carbocycles.